The molecule has 0 bridgehead atoms. The molecule has 7 heteroatoms. The molecule has 0 N–H and O–H groups in total. The Morgan fingerprint density at radius 2 is 1.81 bits per heavy atom. The molecule has 0 spiro atoms. The summed E-state index contributed by atoms with van der Waals surface area (Å²) in [6.07, 6.45) is -0.725. The topological polar surface area (TPSA) is 43.7 Å². The largest absolute Gasteiger partial charge is 0.490 e. The maximum absolute atomic E-state index is 13.5. The van der Waals surface area contributed by atoms with Gasteiger partial charge in [0, 0.05) is 36.8 Å². The molecule has 1 aromatic heterocycles. The second kappa shape index (κ2) is 8.20. The maximum atomic E-state index is 13.5. The van der Waals surface area contributed by atoms with E-state index in [9.17, 15) is 13.6 Å². The quantitative estimate of drug-likeness (QED) is 0.561. The van der Waals surface area contributed by atoms with E-state index >= 15 is 0 Å². The lowest BCUT2D eigenvalue weighted by Crippen LogP contribution is -2.29. The van der Waals surface area contributed by atoms with Crippen LogP contribution >= 0.6 is 0 Å². The van der Waals surface area contributed by atoms with Crippen molar-refractivity contribution in [2.45, 2.75) is 32.1 Å². The Hall–Kier alpha value is -2.93. The van der Waals surface area contributed by atoms with Gasteiger partial charge >= 0.3 is 0 Å². The van der Waals surface area contributed by atoms with Gasteiger partial charge in [-0.3, -0.25) is 4.79 Å². The number of fused-ring (bicyclic) bond motifs is 2. The third-order valence-corrected chi connectivity index (χ3v) is 6.60. The van der Waals surface area contributed by atoms with Crippen LogP contribution in [0, 0.1) is 6.92 Å². The van der Waals surface area contributed by atoms with Crippen LogP contribution in [0.25, 0.3) is 10.9 Å². The van der Waals surface area contributed by atoms with Crippen LogP contribution in [0.5, 0.6) is 5.75 Å². The lowest BCUT2D eigenvalue weighted by Gasteiger charge is -2.34. The fourth-order valence-corrected chi connectivity index (χ4v) is 4.83. The summed E-state index contributed by atoms with van der Waals surface area (Å²) in [4.78, 5) is 14.8. The highest BCUT2D eigenvalue weighted by atomic mass is 19.3. The van der Waals surface area contributed by atoms with Gasteiger partial charge in [0.05, 0.1) is 23.4 Å². The fraction of sp³-hybridized carbons (Fsp3) is 0.400. The first-order valence-electron chi connectivity index (χ1n) is 11.0. The van der Waals surface area contributed by atoms with E-state index in [1.807, 2.05) is 6.07 Å². The summed E-state index contributed by atoms with van der Waals surface area (Å²) < 4.78 is 39.9. The van der Waals surface area contributed by atoms with Gasteiger partial charge in [-0.25, -0.2) is 8.78 Å². The number of aromatic nitrogens is 1. The van der Waals surface area contributed by atoms with Crippen LogP contribution in [0.15, 0.2) is 41.2 Å². The fourth-order valence-electron chi connectivity index (χ4n) is 4.83. The summed E-state index contributed by atoms with van der Waals surface area (Å²) in [5.41, 5.74) is 4.12. The Labute approximate surface area is 185 Å². The molecular weight excluding hydrogens is 414 g/mol. The van der Waals surface area contributed by atoms with E-state index in [0.717, 1.165) is 35.0 Å². The van der Waals surface area contributed by atoms with Gasteiger partial charge in [-0.1, -0.05) is 0 Å². The van der Waals surface area contributed by atoms with E-state index < -0.39 is 6.43 Å². The van der Waals surface area contributed by atoms with Crippen molar-refractivity contribution >= 4 is 22.3 Å². The lowest BCUT2D eigenvalue weighted by atomic mass is 9.90. The van der Waals surface area contributed by atoms with E-state index in [0.29, 0.717) is 49.3 Å². The van der Waals surface area contributed by atoms with Crippen LogP contribution in [0.4, 0.5) is 20.2 Å². The molecule has 2 aromatic carbocycles. The number of aryl methyl sites for hydroxylation is 2. The van der Waals surface area contributed by atoms with Crippen LogP contribution < -0.4 is 15.2 Å². The molecule has 168 valence electrons. The highest BCUT2D eigenvalue weighted by molar-refractivity contribution is 5.96. The van der Waals surface area contributed by atoms with Crippen LogP contribution in [-0.4, -0.2) is 30.9 Å². The normalized spacial score (nSPS) is 17.0. The minimum absolute atomic E-state index is 0.0325. The van der Waals surface area contributed by atoms with Gasteiger partial charge in [0.2, 0.25) is 0 Å². The number of nitrogens with zero attached hydrogens (tertiary/aromatic N) is 2. The predicted octanol–water partition coefficient (Wildman–Crippen LogP) is 5.21. The lowest BCUT2D eigenvalue weighted by molar-refractivity contribution is 0.0853. The standard InChI is InChI=1S/C25H26F2N2O3/c1-15-11-19-20(28(2)25(15)30)13-18(16-5-8-31-9-6-16)14-21(19)29-7-10-32-23-4-3-17(24(26)27)12-22(23)29/h3-4,11-14,16,24H,5-10H2,1-2H3. The zero-order valence-corrected chi connectivity index (χ0v) is 18.2. The molecule has 1 fully saturated rings. The summed E-state index contributed by atoms with van der Waals surface area (Å²) >= 11 is 0. The van der Waals surface area contributed by atoms with Gasteiger partial charge in [-0.2, -0.15) is 0 Å². The summed E-state index contributed by atoms with van der Waals surface area (Å²) in [5, 5.41) is 0.927. The van der Waals surface area contributed by atoms with E-state index in [1.165, 1.54) is 12.1 Å². The Balaban J connectivity index is 1.75. The predicted molar refractivity (Wildman–Crippen MR) is 121 cm³/mol. The summed E-state index contributed by atoms with van der Waals surface area (Å²) in [7, 11) is 1.79. The molecule has 2 aliphatic rings. The Morgan fingerprint density at radius 3 is 2.56 bits per heavy atom. The molecule has 3 heterocycles. The molecule has 5 rings (SSSR count). The Bertz CT molecular complexity index is 1230. The average Bonchev–Trinajstić information content (AvgIpc) is 2.82. The minimum atomic E-state index is -2.56. The van der Waals surface area contributed by atoms with Crippen LogP contribution in [0.2, 0.25) is 0 Å². The zero-order valence-electron chi connectivity index (χ0n) is 18.2. The molecule has 0 atom stereocenters. The number of anilines is 2. The van der Waals surface area contributed by atoms with Gasteiger partial charge in [0.25, 0.3) is 12.0 Å². The van der Waals surface area contributed by atoms with Crippen molar-refractivity contribution in [2.75, 3.05) is 31.3 Å². The molecule has 1 saturated heterocycles. The number of rotatable bonds is 3. The molecule has 0 amide bonds. The SMILES string of the molecule is Cc1cc2c(N3CCOc4ccc(C(F)F)cc43)cc(C3CCOCC3)cc2n(C)c1=O. The minimum Gasteiger partial charge on any atom is -0.490 e. The summed E-state index contributed by atoms with van der Waals surface area (Å²) in [6, 6.07) is 10.7. The first-order valence-corrected chi connectivity index (χ1v) is 11.0. The maximum Gasteiger partial charge on any atom is 0.263 e. The first kappa shape index (κ1) is 20.9. The van der Waals surface area contributed by atoms with E-state index in [1.54, 1.807) is 24.6 Å². The van der Waals surface area contributed by atoms with Crippen LogP contribution in [0.3, 0.4) is 0 Å². The molecule has 0 radical (unpaired) electrons. The number of ether oxygens (including phenoxy) is 2. The number of benzene rings is 2. The second-order valence-electron chi connectivity index (χ2n) is 8.58. The van der Waals surface area contributed by atoms with Crippen molar-refractivity contribution < 1.29 is 18.3 Å². The second-order valence-corrected chi connectivity index (χ2v) is 8.58. The van der Waals surface area contributed by atoms with Gasteiger partial charge in [0.15, 0.2) is 0 Å². The summed E-state index contributed by atoms with van der Waals surface area (Å²) in [5.74, 6) is 0.919. The highest BCUT2D eigenvalue weighted by Gasteiger charge is 2.26. The van der Waals surface area contributed by atoms with Crippen LogP contribution in [-0.2, 0) is 11.8 Å². The van der Waals surface area contributed by atoms with Crippen LogP contribution in [0.1, 0.15) is 41.9 Å². The van der Waals surface area contributed by atoms with Crippen molar-refractivity contribution in [3.63, 3.8) is 0 Å². The smallest absolute Gasteiger partial charge is 0.263 e. The molecular formula is C25H26F2N2O3. The molecule has 3 aromatic rings. The number of alkyl halides is 2. The van der Waals surface area contributed by atoms with Gasteiger partial charge in [-0.15, -0.1) is 0 Å². The highest BCUT2D eigenvalue weighted by Crippen LogP contribution is 2.43. The Morgan fingerprint density at radius 1 is 1.03 bits per heavy atom. The monoisotopic (exact) mass is 440 g/mol. The average molecular weight is 440 g/mol. The third kappa shape index (κ3) is 3.54. The molecule has 0 saturated carbocycles. The molecule has 2 aliphatic heterocycles. The molecule has 5 nitrogen and oxygen atoms in total. The van der Waals surface area contributed by atoms with E-state index in [4.69, 9.17) is 9.47 Å². The van der Waals surface area contributed by atoms with Crippen molar-refractivity contribution in [2.24, 2.45) is 7.05 Å². The van der Waals surface area contributed by atoms with E-state index in [-0.39, 0.29) is 11.1 Å². The molecule has 0 unspecified atom stereocenters. The first-order chi connectivity index (χ1) is 15.4. The number of hydrogen-bond donors (Lipinski definition) is 0. The number of pyridine rings is 1. The number of halogens is 2. The van der Waals surface area contributed by atoms with Crippen molar-refractivity contribution in [1.82, 2.24) is 4.57 Å². The van der Waals surface area contributed by atoms with Crippen molar-refractivity contribution in [1.29, 1.82) is 0 Å². The molecule has 32 heavy (non-hydrogen) atoms. The number of hydrogen-bond acceptors (Lipinski definition) is 4. The summed E-state index contributed by atoms with van der Waals surface area (Å²) in [6.45, 7) is 4.22. The van der Waals surface area contributed by atoms with Gasteiger partial charge < -0.3 is 18.9 Å². The van der Waals surface area contributed by atoms with Gasteiger partial charge in [-0.05, 0) is 67.6 Å². The van der Waals surface area contributed by atoms with Crippen molar-refractivity contribution in [3.05, 3.63) is 63.4 Å². The third-order valence-electron chi connectivity index (χ3n) is 6.60. The zero-order chi connectivity index (χ0) is 22.4. The van der Waals surface area contributed by atoms with Crippen molar-refractivity contribution in [3.8, 4) is 5.75 Å². The van der Waals surface area contributed by atoms with Gasteiger partial charge in [0.1, 0.15) is 12.4 Å². The molecule has 0 aliphatic carbocycles. The Kier molecular flexibility index (Phi) is 5.37. The van der Waals surface area contributed by atoms with E-state index in [2.05, 4.69) is 17.0 Å².